The van der Waals surface area contributed by atoms with Crippen LogP contribution < -0.4 is 20.1 Å². The van der Waals surface area contributed by atoms with E-state index in [9.17, 15) is 0 Å². The molecule has 0 saturated heterocycles. The Kier molecular flexibility index (Phi) is 7.91. The molecule has 2 aromatic rings. The number of nitrogens with one attached hydrogen (secondary N) is 2. The second-order valence-corrected chi connectivity index (χ2v) is 6.44. The molecular weight excluding hydrogens is 346 g/mol. The van der Waals surface area contributed by atoms with Crippen LogP contribution in [0.1, 0.15) is 38.4 Å². The van der Waals surface area contributed by atoms with E-state index in [-0.39, 0.29) is 12.0 Å². The molecule has 0 aliphatic carbocycles. The van der Waals surface area contributed by atoms with Crippen LogP contribution in [0.5, 0.6) is 11.5 Å². The fourth-order valence-electron chi connectivity index (χ4n) is 2.30. The third-order valence-corrected chi connectivity index (χ3v) is 3.79. The number of aliphatic imine (C=N–C) groups is 1. The van der Waals surface area contributed by atoms with Crippen molar-refractivity contribution in [3.05, 3.63) is 36.0 Å². The summed E-state index contributed by atoms with van der Waals surface area (Å²) >= 11 is 0. The number of nitrogens with zero attached hydrogens (tertiary/aromatic N) is 3. The number of benzene rings is 1. The summed E-state index contributed by atoms with van der Waals surface area (Å²) in [5, 5.41) is 10.4. The van der Waals surface area contributed by atoms with Crippen LogP contribution in [0.25, 0.3) is 0 Å². The third-order valence-electron chi connectivity index (χ3n) is 3.79. The Morgan fingerprint density at radius 3 is 2.67 bits per heavy atom. The molecule has 8 heteroatoms. The quantitative estimate of drug-likeness (QED) is 0.513. The summed E-state index contributed by atoms with van der Waals surface area (Å²) < 4.78 is 16.3. The fourth-order valence-corrected chi connectivity index (χ4v) is 2.30. The molecule has 2 rings (SSSR count). The molecule has 1 aromatic heterocycles. The van der Waals surface area contributed by atoms with Gasteiger partial charge < -0.3 is 24.6 Å². The van der Waals surface area contributed by atoms with Crippen molar-refractivity contribution in [1.82, 2.24) is 20.8 Å². The van der Waals surface area contributed by atoms with Gasteiger partial charge in [-0.25, -0.2) is 0 Å². The largest absolute Gasteiger partial charge is 0.497 e. The van der Waals surface area contributed by atoms with Crippen molar-refractivity contribution in [3.8, 4) is 11.5 Å². The lowest BCUT2D eigenvalue weighted by Gasteiger charge is -2.18. The standard InChI is InChI=1S/C19H29N5O3/c1-13(2)18-23-17(27-24-18)9-10-21-19(20-4)22-12-14(3)26-16-8-6-7-15(11-16)25-5/h6-8,11,13-14H,9-10,12H2,1-5H3,(H2,20,21,22). The highest BCUT2D eigenvalue weighted by molar-refractivity contribution is 5.79. The van der Waals surface area contributed by atoms with Crippen molar-refractivity contribution in [3.63, 3.8) is 0 Å². The molecule has 1 unspecified atom stereocenters. The molecule has 1 aromatic carbocycles. The van der Waals surface area contributed by atoms with Gasteiger partial charge in [0.05, 0.1) is 13.7 Å². The van der Waals surface area contributed by atoms with Crippen LogP contribution in [0.2, 0.25) is 0 Å². The van der Waals surface area contributed by atoms with Crippen LogP contribution in [-0.2, 0) is 6.42 Å². The van der Waals surface area contributed by atoms with Crippen LogP contribution >= 0.6 is 0 Å². The van der Waals surface area contributed by atoms with Crippen molar-refractivity contribution >= 4 is 5.96 Å². The van der Waals surface area contributed by atoms with Gasteiger partial charge in [0.15, 0.2) is 11.8 Å². The molecule has 0 amide bonds. The Morgan fingerprint density at radius 2 is 2.00 bits per heavy atom. The molecule has 2 N–H and O–H groups in total. The second-order valence-electron chi connectivity index (χ2n) is 6.44. The van der Waals surface area contributed by atoms with Gasteiger partial charge in [0.25, 0.3) is 0 Å². The summed E-state index contributed by atoms with van der Waals surface area (Å²) in [6.07, 6.45) is 0.594. The van der Waals surface area contributed by atoms with Gasteiger partial charge in [-0.3, -0.25) is 4.99 Å². The summed E-state index contributed by atoms with van der Waals surface area (Å²) in [4.78, 5) is 8.57. The number of aromatic nitrogens is 2. The Hall–Kier alpha value is -2.77. The van der Waals surface area contributed by atoms with Crippen LogP contribution in [0.15, 0.2) is 33.8 Å². The van der Waals surface area contributed by atoms with Crippen LogP contribution in [0, 0.1) is 0 Å². The first-order chi connectivity index (χ1) is 13.0. The van der Waals surface area contributed by atoms with Gasteiger partial charge in [0, 0.05) is 32.0 Å². The zero-order valence-electron chi connectivity index (χ0n) is 16.7. The summed E-state index contributed by atoms with van der Waals surface area (Å²) in [6, 6.07) is 7.55. The minimum absolute atomic E-state index is 0.0415. The van der Waals surface area contributed by atoms with Crippen molar-refractivity contribution in [2.75, 3.05) is 27.2 Å². The predicted octanol–water partition coefficient (Wildman–Crippen LogP) is 2.38. The number of hydrogen-bond acceptors (Lipinski definition) is 6. The van der Waals surface area contributed by atoms with E-state index in [2.05, 4.69) is 25.8 Å². The molecule has 27 heavy (non-hydrogen) atoms. The first-order valence-corrected chi connectivity index (χ1v) is 9.09. The molecule has 148 valence electrons. The molecule has 1 atom stereocenters. The number of rotatable bonds is 9. The summed E-state index contributed by atoms with van der Waals surface area (Å²) in [6.45, 7) is 7.31. The summed E-state index contributed by atoms with van der Waals surface area (Å²) in [5.41, 5.74) is 0. The topological polar surface area (TPSA) is 93.8 Å². The first kappa shape index (κ1) is 20.5. The van der Waals surface area contributed by atoms with Gasteiger partial charge in [-0.2, -0.15) is 4.98 Å². The second kappa shape index (κ2) is 10.4. The third kappa shape index (κ3) is 6.80. The van der Waals surface area contributed by atoms with Gasteiger partial charge >= 0.3 is 0 Å². The number of hydrogen-bond donors (Lipinski definition) is 2. The highest BCUT2D eigenvalue weighted by Crippen LogP contribution is 2.19. The first-order valence-electron chi connectivity index (χ1n) is 9.09. The molecule has 0 aliphatic rings. The molecule has 0 saturated carbocycles. The van der Waals surface area contributed by atoms with Crippen molar-refractivity contribution in [2.45, 2.75) is 39.2 Å². The lowest BCUT2D eigenvalue weighted by Crippen LogP contribution is -2.42. The molecule has 0 spiro atoms. The van der Waals surface area contributed by atoms with Crippen LogP contribution in [0.4, 0.5) is 0 Å². The molecule has 0 aliphatic heterocycles. The Morgan fingerprint density at radius 1 is 1.22 bits per heavy atom. The molecule has 0 bridgehead atoms. The lowest BCUT2D eigenvalue weighted by atomic mass is 10.2. The summed E-state index contributed by atoms with van der Waals surface area (Å²) in [5.74, 6) is 3.85. The van der Waals surface area contributed by atoms with E-state index in [0.29, 0.717) is 31.4 Å². The minimum Gasteiger partial charge on any atom is -0.497 e. The lowest BCUT2D eigenvalue weighted by molar-refractivity contribution is 0.223. The minimum atomic E-state index is -0.0415. The highest BCUT2D eigenvalue weighted by atomic mass is 16.5. The Balaban J connectivity index is 1.72. The Bertz CT molecular complexity index is 730. The molecule has 0 radical (unpaired) electrons. The highest BCUT2D eigenvalue weighted by Gasteiger charge is 2.10. The van der Waals surface area contributed by atoms with Crippen LogP contribution in [0.3, 0.4) is 0 Å². The molecule has 1 heterocycles. The number of guanidine groups is 1. The van der Waals surface area contributed by atoms with Gasteiger partial charge in [0.1, 0.15) is 17.6 Å². The number of ether oxygens (including phenoxy) is 2. The number of methoxy groups -OCH3 is 1. The maximum Gasteiger partial charge on any atom is 0.228 e. The zero-order chi connectivity index (χ0) is 19.6. The maximum absolute atomic E-state index is 5.89. The molecular formula is C19H29N5O3. The Labute approximate surface area is 160 Å². The van der Waals surface area contributed by atoms with E-state index in [0.717, 1.165) is 17.3 Å². The fraction of sp³-hybridized carbons (Fsp3) is 0.526. The van der Waals surface area contributed by atoms with Gasteiger partial charge in [-0.05, 0) is 19.1 Å². The predicted molar refractivity (Wildman–Crippen MR) is 105 cm³/mol. The van der Waals surface area contributed by atoms with E-state index >= 15 is 0 Å². The van der Waals surface area contributed by atoms with E-state index in [1.807, 2.05) is 45.0 Å². The smallest absolute Gasteiger partial charge is 0.228 e. The van der Waals surface area contributed by atoms with Crippen molar-refractivity contribution in [2.24, 2.45) is 4.99 Å². The van der Waals surface area contributed by atoms with Gasteiger partial charge in [0.2, 0.25) is 5.89 Å². The zero-order valence-corrected chi connectivity index (χ0v) is 16.7. The molecule has 8 nitrogen and oxygen atoms in total. The van der Waals surface area contributed by atoms with Crippen LogP contribution in [-0.4, -0.2) is 49.5 Å². The van der Waals surface area contributed by atoms with Crippen molar-refractivity contribution < 1.29 is 14.0 Å². The molecule has 0 fully saturated rings. The van der Waals surface area contributed by atoms with E-state index in [4.69, 9.17) is 14.0 Å². The van der Waals surface area contributed by atoms with Crippen molar-refractivity contribution in [1.29, 1.82) is 0 Å². The average molecular weight is 375 g/mol. The monoisotopic (exact) mass is 375 g/mol. The van der Waals surface area contributed by atoms with E-state index in [1.165, 1.54) is 0 Å². The average Bonchev–Trinajstić information content (AvgIpc) is 3.14. The summed E-state index contributed by atoms with van der Waals surface area (Å²) in [7, 11) is 3.37. The van der Waals surface area contributed by atoms with E-state index < -0.39 is 0 Å². The normalized spacial score (nSPS) is 12.7. The van der Waals surface area contributed by atoms with Gasteiger partial charge in [-0.15, -0.1) is 0 Å². The maximum atomic E-state index is 5.89. The van der Waals surface area contributed by atoms with E-state index in [1.54, 1.807) is 14.2 Å². The van der Waals surface area contributed by atoms with Gasteiger partial charge in [-0.1, -0.05) is 25.1 Å². The SMILES string of the molecule is CN=C(NCCc1nc(C(C)C)no1)NCC(C)Oc1cccc(OC)c1.